The summed E-state index contributed by atoms with van der Waals surface area (Å²) in [5, 5.41) is 0. The van der Waals surface area contributed by atoms with E-state index in [1.54, 1.807) is 14.1 Å². The van der Waals surface area contributed by atoms with Crippen LogP contribution in [0.1, 0.15) is 74.3 Å². The number of aromatic nitrogens is 2. The number of rotatable bonds is 3. The average Bonchev–Trinajstić information content (AvgIpc) is 2.73. The first kappa shape index (κ1) is 21.0. The molecule has 2 aromatic rings. The van der Waals surface area contributed by atoms with E-state index in [0.29, 0.717) is 11.6 Å². The van der Waals surface area contributed by atoms with Crippen LogP contribution in [-0.4, -0.2) is 58.5 Å². The van der Waals surface area contributed by atoms with Crippen molar-refractivity contribution in [2.45, 2.75) is 69.9 Å². The van der Waals surface area contributed by atoms with Gasteiger partial charge in [-0.15, -0.1) is 0 Å². The maximum absolute atomic E-state index is 13.3. The molecule has 1 aliphatic heterocycles. The van der Waals surface area contributed by atoms with Crippen LogP contribution in [0, 0.1) is 0 Å². The molecule has 0 unspecified atom stereocenters. The molecule has 2 fully saturated rings. The van der Waals surface area contributed by atoms with Crippen LogP contribution in [0.15, 0.2) is 29.1 Å². The summed E-state index contributed by atoms with van der Waals surface area (Å²) in [5.74, 6) is -0.327. The largest absolute Gasteiger partial charge is 0.343 e. The molecule has 0 bridgehead atoms. The van der Waals surface area contributed by atoms with E-state index in [4.69, 9.17) is 0 Å². The Labute approximate surface area is 178 Å². The molecule has 2 aliphatic rings. The SMILES string of the molecule is CN(C)C(=O)c1nc2ccccc2n(C2CCN(C3CCCCCCC3)CC2)c1=O. The molecule has 0 atom stereocenters. The number of carbonyl (C=O) groups is 1. The predicted octanol–water partition coefficient (Wildman–Crippen LogP) is 3.85. The van der Waals surface area contributed by atoms with Gasteiger partial charge in [0.1, 0.15) is 0 Å². The first-order valence-electron chi connectivity index (χ1n) is 11.5. The van der Waals surface area contributed by atoms with Gasteiger partial charge in [-0.25, -0.2) is 4.98 Å². The molecule has 6 nitrogen and oxygen atoms in total. The lowest BCUT2D eigenvalue weighted by atomic mass is 9.93. The van der Waals surface area contributed by atoms with Gasteiger partial charge in [0.25, 0.3) is 11.5 Å². The third kappa shape index (κ3) is 4.29. The minimum atomic E-state index is -0.327. The second-order valence-electron chi connectivity index (χ2n) is 9.09. The Hall–Kier alpha value is -2.21. The van der Waals surface area contributed by atoms with Crippen LogP contribution in [0.4, 0.5) is 0 Å². The summed E-state index contributed by atoms with van der Waals surface area (Å²) in [4.78, 5) is 34.4. The van der Waals surface area contributed by atoms with Gasteiger partial charge in [0.15, 0.2) is 5.69 Å². The number of piperidine rings is 1. The van der Waals surface area contributed by atoms with E-state index in [1.807, 2.05) is 28.8 Å². The minimum Gasteiger partial charge on any atom is -0.343 e. The molecular weight excluding hydrogens is 376 g/mol. The van der Waals surface area contributed by atoms with Crippen LogP contribution < -0.4 is 5.56 Å². The Morgan fingerprint density at radius 3 is 2.23 bits per heavy atom. The lowest BCUT2D eigenvalue weighted by Gasteiger charge is -2.39. The number of para-hydroxylation sites is 2. The lowest BCUT2D eigenvalue weighted by Crippen LogP contribution is -2.44. The van der Waals surface area contributed by atoms with Gasteiger partial charge >= 0.3 is 0 Å². The molecule has 0 N–H and O–H groups in total. The van der Waals surface area contributed by atoms with Crippen molar-refractivity contribution in [3.05, 3.63) is 40.3 Å². The Morgan fingerprint density at radius 2 is 1.57 bits per heavy atom. The number of hydrogen-bond acceptors (Lipinski definition) is 4. The summed E-state index contributed by atoms with van der Waals surface area (Å²) in [6, 6.07) is 8.50. The van der Waals surface area contributed by atoms with E-state index in [2.05, 4.69) is 9.88 Å². The molecule has 1 saturated heterocycles. The maximum Gasteiger partial charge on any atom is 0.282 e. The normalized spacial score (nSPS) is 20.1. The van der Waals surface area contributed by atoms with Gasteiger partial charge in [-0.2, -0.15) is 0 Å². The molecule has 6 heteroatoms. The van der Waals surface area contributed by atoms with Crippen molar-refractivity contribution in [1.29, 1.82) is 0 Å². The average molecular weight is 411 g/mol. The monoisotopic (exact) mass is 410 g/mol. The Bertz CT molecular complexity index is 936. The molecule has 1 aliphatic carbocycles. The van der Waals surface area contributed by atoms with Crippen molar-refractivity contribution in [1.82, 2.24) is 19.4 Å². The van der Waals surface area contributed by atoms with Gasteiger partial charge in [-0.3, -0.25) is 9.59 Å². The Balaban J connectivity index is 1.60. The second-order valence-corrected chi connectivity index (χ2v) is 9.09. The first-order chi connectivity index (χ1) is 14.6. The van der Waals surface area contributed by atoms with Crippen LogP contribution in [0.25, 0.3) is 11.0 Å². The van der Waals surface area contributed by atoms with Crippen molar-refractivity contribution in [2.75, 3.05) is 27.2 Å². The Kier molecular flexibility index (Phi) is 6.52. The van der Waals surface area contributed by atoms with Gasteiger partial charge in [0, 0.05) is 39.3 Å². The van der Waals surface area contributed by atoms with Gasteiger partial charge < -0.3 is 14.4 Å². The van der Waals surface area contributed by atoms with Gasteiger partial charge in [0.2, 0.25) is 0 Å². The first-order valence-corrected chi connectivity index (χ1v) is 11.5. The van der Waals surface area contributed by atoms with E-state index < -0.39 is 0 Å². The number of fused-ring (bicyclic) bond motifs is 1. The smallest absolute Gasteiger partial charge is 0.282 e. The van der Waals surface area contributed by atoms with E-state index in [1.165, 1.54) is 49.8 Å². The fourth-order valence-corrected chi connectivity index (χ4v) is 5.18. The second kappa shape index (κ2) is 9.29. The summed E-state index contributed by atoms with van der Waals surface area (Å²) in [6.07, 6.45) is 11.3. The number of amides is 1. The predicted molar refractivity (Wildman–Crippen MR) is 120 cm³/mol. The fourth-order valence-electron chi connectivity index (χ4n) is 5.18. The molecule has 30 heavy (non-hydrogen) atoms. The third-order valence-electron chi connectivity index (χ3n) is 6.86. The van der Waals surface area contributed by atoms with Gasteiger partial charge in [-0.05, 0) is 37.8 Å². The molecule has 162 valence electrons. The molecule has 1 saturated carbocycles. The summed E-state index contributed by atoms with van der Waals surface area (Å²) in [6.45, 7) is 2.05. The zero-order chi connectivity index (χ0) is 21.1. The third-order valence-corrected chi connectivity index (χ3v) is 6.86. The number of nitrogens with zero attached hydrogens (tertiary/aromatic N) is 4. The molecule has 1 amide bonds. The molecule has 1 aromatic heterocycles. The van der Waals surface area contributed by atoms with Crippen LogP contribution in [0.2, 0.25) is 0 Å². The van der Waals surface area contributed by atoms with Crippen molar-refractivity contribution in [2.24, 2.45) is 0 Å². The molecule has 4 rings (SSSR count). The van der Waals surface area contributed by atoms with Crippen LogP contribution in [-0.2, 0) is 0 Å². The van der Waals surface area contributed by atoms with Crippen molar-refractivity contribution >= 4 is 16.9 Å². The summed E-state index contributed by atoms with van der Waals surface area (Å²) < 4.78 is 1.86. The van der Waals surface area contributed by atoms with Crippen LogP contribution in [0.3, 0.4) is 0 Å². The highest BCUT2D eigenvalue weighted by atomic mass is 16.2. The maximum atomic E-state index is 13.3. The number of carbonyl (C=O) groups excluding carboxylic acids is 1. The molecule has 1 aromatic carbocycles. The highest BCUT2D eigenvalue weighted by molar-refractivity contribution is 5.93. The summed E-state index contributed by atoms with van der Waals surface area (Å²) in [7, 11) is 3.33. The van der Waals surface area contributed by atoms with Crippen molar-refractivity contribution in [3.8, 4) is 0 Å². The molecule has 2 heterocycles. The van der Waals surface area contributed by atoms with Crippen molar-refractivity contribution < 1.29 is 4.79 Å². The number of benzene rings is 1. The van der Waals surface area contributed by atoms with Crippen molar-refractivity contribution in [3.63, 3.8) is 0 Å². The van der Waals surface area contributed by atoms with E-state index in [9.17, 15) is 9.59 Å². The van der Waals surface area contributed by atoms with Gasteiger partial charge in [-0.1, -0.05) is 44.2 Å². The van der Waals surface area contributed by atoms with Gasteiger partial charge in [0.05, 0.1) is 11.0 Å². The molecular formula is C24H34N4O2. The standard InChI is InChI=1S/C24H34N4O2/c1-26(2)23(29)22-24(30)28(21-13-9-8-12-20(21)25-22)19-14-16-27(17-15-19)18-10-6-4-3-5-7-11-18/h8-9,12-13,18-19H,3-7,10-11,14-17H2,1-2H3. The van der Waals surface area contributed by atoms with E-state index >= 15 is 0 Å². The quantitative estimate of drug-likeness (QED) is 0.771. The number of hydrogen-bond donors (Lipinski definition) is 0. The highest BCUT2D eigenvalue weighted by Gasteiger charge is 2.29. The zero-order valence-electron chi connectivity index (χ0n) is 18.3. The lowest BCUT2D eigenvalue weighted by molar-refractivity contribution is 0.0818. The fraction of sp³-hybridized carbons (Fsp3) is 0.625. The van der Waals surface area contributed by atoms with E-state index in [-0.39, 0.29) is 23.2 Å². The molecule has 0 spiro atoms. The Morgan fingerprint density at radius 1 is 0.933 bits per heavy atom. The van der Waals surface area contributed by atoms with Crippen LogP contribution >= 0.6 is 0 Å². The van der Waals surface area contributed by atoms with E-state index in [0.717, 1.165) is 31.4 Å². The minimum absolute atomic E-state index is 0.0288. The summed E-state index contributed by atoms with van der Waals surface area (Å²) >= 11 is 0. The highest BCUT2D eigenvalue weighted by Crippen LogP contribution is 2.29. The van der Waals surface area contributed by atoms with Crippen LogP contribution in [0.5, 0.6) is 0 Å². The number of likely N-dealkylation sites (tertiary alicyclic amines) is 1. The topological polar surface area (TPSA) is 58.4 Å². The molecule has 0 radical (unpaired) electrons. The zero-order valence-corrected chi connectivity index (χ0v) is 18.3. The summed E-state index contributed by atoms with van der Waals surface area (Å²) in [5.41, 5.74) is 1.32.